The number of H-pyrrole nitrogens is 1. The zero-order chi connectivity index (χ0) is 11.4. The standard InChI is InChI=1S/C9H16N6O/c10-4-6-2-1-3-7(6)9(16)11-5-8-12-14-15-13-8/h6-7H,1-5,10H2,(H,11,16)(H,12,13,14,15). The van der Waals surface area contributed by atoms with E-state index in [9.17, 15) is 4.79 Å². The smallest absolute Gasteiger partial charge is 0.223 e. The first kappa shape index (κ1) is 11.0. The monoisotopic (exact) mass is 224 g/mol. The third-order valence-corrected chi connectivity index (χ3v) is 3.11. The first-order valence-electron chi connectivity index (χ1n) is 5.51. The van der Waals surface area contributed by atoms with Crippen molar-refractivity contribution in [3.63, 3.8) is 0 Å². The lowest BCUT2D eigenvalue weighted by molar-refractivity contribution is -0.126. The summed E-state index contributed by atoms with van der Waals surface area (Å²) in [5.41, 5.74) is 5.63. The summed E-state index contributed by atoms with van der Waals surface area (Å²) in [5, 5.41) is 16.1. The zero-order valence-corrected chi connectivity index (χ0v) is 9.02. The molecule has 1 aromatic heterocycles. The van der Waals surface area contributed by atoms with Gasteiger partial charge in [0.25, 0.3) is 0 Å². The van der Waals surface area contributed by atoms with Crippen LogP contribution < -0.4 is 11.1 Å². The molecule has 0 saturated heterocycles. The van der Waals surface area contributed by atoms with E-state index in [0.29, 0.717) is 24.8 Å². The molecule has 1 aromatic rings. The van der Waals surface area contributed by atoms with Crippen LogP contribution in [0, 0.1) is 11.8 Å². The van der Waals surface area contributed by atoms with Crippen molar-refractivity contribution in [2.45, 2.75) is 25.8 Å². The number of aromatic amines is 1. The van der Waals surface area contributed by atoms with Crippen LogP contribution in [0.25, 0.3) is 0 Å². The Labute approximate surface area is 93.2 Å². The van der Waals surface area contributed by atoms with Gasteiger partial charge in [-0.05, 0) is 25.3 Å². The minimum atomic E-state index is 0.0527. The topological polar surface area (TPSA) is 110 Å². The summed E-state index contributed by atoms with van der Waals surface area (Å²) >= 11 is 0. The Morgan fingerprint density at radius 2 is 2.44 bits per heavy atom. The van der Waals surface area contributed by atoms with E-state index < -0.39 is 0 Å². The van der Waals surface area contributed by atoms with Gasteiger partial charge < -0.3 is 11.1 Å². The second kappa shape index (κ2) is 5.02. The van der Waals surface area contributed by atoms with Gasteiger partial charge in [-0.2, -0.15) is 5.21 Å². The molecule has 2 rings (SSSR count). The second-order valence-electron chi connectivity index (χ2n) is 4.08. The van der Waals surface area contributed by atoms with Crippen LogP contribution in [-0.2, 0) is 11.3 Å². The average molecular weight is 224 g/mol. The van der Waals surface area contributed by atoms with Crippen molar-refractivity contribution < 1.29 is 4.79 Å². The van der Waals surface area contributed by atoms with Gasteiger partial charge in [-0.3, -0.25) is 4.79 Å². The molecule has 7 heteroatoms. The number of hydrogen-bond acceptors (Lipinski definition) is 5. The minimum absolute atomic E-state index is 0.0527. The number of aromatic nitrogens is 4. The Hall–Kier alpha value is -1.50. The van der Waals surface area contributed by atoms with Crippen molar-refractivity contribution in [3.05, 3.63) is 5.82 Å². The molecule has 1 saturated carbocycles. The van der Waals surface area contributed by atoms with E-state index in [0.717, 1.165) is 19.3 Å². The maximum atomic E-state index is 11.9. The number of nitrogens with two attached hydrogens (primary N) is 1. The van der Waals surface area contributed by atoms with Gasteiger partial charge in [0.15, 0.2) is 5.82 Å². The highest BCUT2D eigenvalue weighted by molar-refractivity contribution is 5.79. The summed E-state index contributed by atoms with van der Waals surface area (Å²) < 4.78 is 0. The van der Waals surface area contributed by atoms with Gasteiger partial charge in [-0.15, -0.1) is 10.2 Å². The lowest BCUT2D eigenvalue weighted by atomic mass is 9.95. The van der Waals surface area contributed by atoms with Gasteiger partial charge in [0.2, 0.25) is 5.91 Å². The van der Waals surface area contributed by atoms with Crippen molar-refractivity contribution in [3.8, 4) is 0 Å². The van der Waals surface area contributed by atoms with Crippen molar-refractivity contribution in [1.82, 2.24) is 25.9 Å². The van der Waals surface area contributed by atoms with Crippen LogP contribution in [0.1, 0.15) is 25.1 Å². The Morgan fingerprint density at radius 3 is 3.12 bits per heavy atom. The molecular formula is C9H16N6O. The molecule has 0 spiro atoms. The largest absolute Gasteiger partial charge is 0.348 e. The van der Waals surface area contributed by atoms with E-state index in [1.807, 2.05) is 0 Å². The number of carbonyl (C=O) groups excluding carboxylic acids is 1. The van der Waals surface area contributed by atoms with Gasteiger partial charge in [0, 0.05) is 5.92 Å². The maximum absolute atomic E-state index is 11.9. The number of nitrogens with one attached hydrogen (secondary N) is 2. The van der Waals surface area contributed by atoms with E-state index in [1.165, 1.54) is 0 Å². The highest BCUT2D eigenvalue weighted by atomic mass is 16.1. The highest BCUT2D eigenvalue weighted by Gasteiger charge is 2.31. The normalized spacial score (nSPS) is 24.6. The summed E-state index contributed by atoms with van der Waals surface area (Å²) in [5.74, 6) is 0.926. The van der Waals surface area contributed by atoms with Crippen LogP contribution in [0.2, 0.25) is 0 Å². The van der Waals surface area contributed by atoms with Crippen molar-refractivity contribution >= 4 is 5.91 Å². The predicted molar refractivity (Wildman–Crippen MR) is 55.9 cm³/mol. The molecule has 1 amide bonds. The Balaban J connectivity index is 1.83. The summed E-state index contributed by atoms with van der Waals surface area (Å²) in [6.45, 7) is 0.906. The lowest BCUT2D eigenvalue weighted by Gasteiger charge is -2.16. The number of tetrazole rings is 1. The molecule has 0 bridgehead atoms. The summed E-state index contributed by atoms with van der Waals surface area (Å²) in [6.07, 6.45) is 3.07. The molecule has 4 N–H and O–H groups in total. The summed E-state index contributed by atoms with van der Waals surface area (Å²) in [7, 11) is 0. The molecule has 88 valence electrons. The van der Waals surface area contributed by atoms with Crippen LogP contribution >= 0.6 is 0 Å². The van der Waals surface area contributed by atoms with Crippen LogP contribution in [0.15, 0.2) is 0 Å². The summed E-state index contributed by atoms with van der Waals surface area (Å²) in [4.78, 5) is 11.9. The predicted octanol–water partition coefficient (Wildman–Crippen LogP) is -0.809. The molecule has 0 radical (unpaired) electrons. The molecule has 2 unspecified atom stereocenters. The van der Waals surface area contributed by atoms with Crippen molar-refractivity contribution in [1.29, 1.82) is 0 Å². The maximum Gasteiger partial charge on any atom is 0.223 e. The molecular weight excluding hydrogens is 208 g/mol. The second-order valence-corrected chi connectivity index (χ2v) is 4.08. The first-order valence-corrected chi connectivity index (χ1v) is 5.51. The van der Waals surface area contributed by atoms with E-state index in [4.69, 9.17) is 5.73 Å². The fraction of sp³-hybridized carbons (Fsp3) is 0.778. The molecule has 16 heavy (non-hydrogen) atoms. The number of amides is 1. The van der Waals surface area contributed by atoms with Gasteiger partial charge >= 0.3 is 0 Å². The van der Waals surface area contributed by atoms with E-state index in [-0.39, 0.29) is 11.8 Å². The fourth-order valence-electron chi connectivity index (χ4n) is 2.22. The van der Waals surface area contributed by atoms with E-state index in [2.05, 4.69) is 25.9 Å². The minimum Gasteiger partial charge on any atom is -0.348 e. The van der Waals surface area contributed by atoms with Crippen LogP contribution in [0.5, 0.6) is 0 Å². The third-order valence-electron chi connectivity index (χ3n) is 3.11. The van der Waals surface area contributed by atoms with Crippen molar-refractivity contribution in [2.24, 2.45) is 17.6 Å². The molecule has 1 heterocycles. The third kappa shape index (κ3) is 2.35. The number of hydrogen-bond donors (Lipinski definition) is 3. The number of rotatable bonds is 4. The fourth-order valence-corrected chi connectivity index (χ4v) is 2.22. The van der Waals surface area contributed by atoms with E-state index >= 15 is 0 Å². The van der Waals surface area contributed by atoms with Crippen LogP contribution in [0.3, 0.4) is 0 Å². The first-order chi connectivity index (χ1) is 7.81. The van der Waals surface area contributed by atoms with Crippen molar-refractivity contribution in [2.75, 3.05) is 6.54 Å². The molecule has 0 aliphatic heterocycles. The van der Waals surface area contributed by atoms with Gasteiger partial charge in [-0.1, -0.05) is 11.6 Å². The quantitative estimate of drug-likeness (QED) is 0.619. The Kier molecular flexibility index (Phi) is 3.45. The Morgan fingerprint density at radius 1 is 1.56 bits per heavy atom. The molecule has 1 fully saturated rings. The molecule has 7 nitrogen and oxygen atoms in total. The molecule has 2 atom stereocenters. The van der Waals surface area contributed by atoms with Gasteiger partial charge in [0.05, 0.1) is 6.54 Å². The average Bonchev–Trinajstić information content (AvgIpc) is 2.96. The molecule has 1 aliphatic rings. The van der Waals surface area contributed by atoms with Crippen LogP contribution in [-0.4, -0.2) is 33.1 Å². The van der Waals surface area contributed by atoms with Crippen LogP contribution in [0.4, 0.5) is 0 Å². The Bertz CT molecular complexity index is 338. The van der Waals surface area contributed by atoms with Gasteiger partial charge in [0.1, 0.15) is 0 Å². The zero-order valence-electron chi connectivity index (χ0n) is 9.02. The lowest BCUT2D eigenvalue weighted by Crippen LogP contribution is -2.34. The number of carbonyl (C=O) groups is 1. The molecule has 0 aromatic carbocycles. The molecule has 1 aliphatic carbocycles. The highest BCUT2D eigenvalue weighted by Crippen LogP contribution is 2.30. The van der Waals surface area contributed by atoms with Gasteiger partial charge in [-0.25, -0.2) is 0 Å². The SMILES string of the molecule is NCC1CCCC1C(=O)NCc1nn[nH]n1. The van der Waals surface area contributed by atoms with E-state index in [1.54, 1.807) is 0 Å². The summed E-state index contributed by atoms with van der Waals surface area (Å²) in [6, 6.07) is 0. The number of nitrogens with zero attached hydrogens (tertiary/aromatic N) is 3.